The molecule has 3 heterocycles. The van der Waals surface area contributed by atoms with Gasteiger partial charge in [-0.3, -0.25) is 9.59 Å². The summed E-state index contributed by atoms with van der Waals surface area (Å²) in [6, 6.07) is 6.37. The van der Waals surface area contributed by atoms with Crippen molar-refractivity contribution in [3.05, 3.63) is 53.5 Å². The van der Waals surface area contributed by atoms with Gasteiger partial charge in [0.25, 0.3) is 11.8 Å². The molecule has 1 aromatic carbocycles. The summed E-state index contributed by atoms with van der Waals surface area (Å²) in [5.74, 6) is 6.38. The van der Waals surface area contributed by atoms with Crippen LogP contribution in [0.25, 0.3) is 11.0 Å². The van der Waals surface area contributed by atoms with Gasteiger partial charge in [0.2, 0.25) is 0 Å². The van der Waals surface area contributed by atoms with Crippen LogP contribution < -0.4 is 16.4 Å². The van der Waals surface area contributed by atoms with Gasteiger partial charge in [0.15, 0.2) is 0 Å². The number of alkyl halides is 1. The first-order chi connectivity index (χ1) is 23.9. The highest BCUT2D eigenvalue weighted by Crippen LogP contribution is 2.33. The predicted molar refractivity (Wildman–Crippen MR) is 183 cm³/mol. The van der Waals surface area contributed by atoms with Gasteiger partial charge in [-0.2, -0.15) is 0 Å². The van der Waals surface area contributed by atoms with Crippen molar-refractivity contribution in [3.8, 4) is 11.8 Å². The lowest BCUT2D eigenvalue weighted by Crippen LogP contribution is -2.28. The largest absolute Gasteiger partial charge is 0.394 e. The van der Waals surface area contributed by atoms with Crippen molar-refractivity contribution in [2.45, 2.75) is 50.5 Å². The number of nitrogens with one attached hydrogen (secondary N) is 2. The van der Waals surface area contributed by atoms with Crippen molar-refractivity contribution in [1.82, 2.24) is 25.2 Å². The Kier molecular flexibility index (Phi) is 16.0. The van der Waals surface area contributed by atoms with Crippen LogP contribution >= 0.6 is 11.6 Å². The molecule has 6 N–H and O–H groups in total. The number of rotatable bonds is 20. The van der Waals surface area contributed by atoms with Gasteiger partial charge >= 0.3 is 0 Å². The number of carbonyl (C=O) groups is 2. The maximum atomic E-state index is 12.5. The van der Waals surface area contributed by atoms with E-state index in [9.17, 15) is 19.8 Å². The second-order valence-corrected chi connectivity index (χ2v) is 11.7. The minimum Gasteiger partial charge on any atom is -0.394 e. The monoisotopic (exact) mass is 700 g/mol. The first kappa shape index (κ1) is 38.0. The van der Waals surface area contributed by atoms with Crippen molar-refractivity contribution in [2.75, 3.05) is 71.0 Å². The third kappa shape index (κ3) is 11.6. The summed E-state index contributed by atoms with van der Waals surface area (Å²) < 4.78 is 24.1. The molecule has 2 aromatic heterocycles. The van der Waals surface area contributed by atoms with Gasteiger partial charge in [-0.05, 0) is 37.1 Å². The first-order valence-electron chi connectivity index (χ1n) is 16.4. The molecule has 14 nitrogen and oxygen atoms in total. The zero-order valence-electron chi connectivity index (χ0n) is 27.4. The van der Waals surface area contributed by atoms with Crippen molar-refractivity contribution >= 4 is 40.3 Å². The highest BCUT2D eigenvalue weighted by Gasteiger charge is 2.35. The highest BCUT2D eigenvalue weighted by atomic mass is 35.5. The number of amides is 2. The molecule has 1 unspecified atom stereocenters. The molecule has 1 saturated heterocycles. The Hall–Kier alpha value is -3.81. The standard InChI is InChI=1S/C34H45ClN6O8/c35-11-3-1-2-4-14-47-18-19-48-17-13-38-34(45)25-9-7-24(8-10-25)33(44)37-12-16-46-15-5-6-26-21-41(29-20-27(43)28(22-42)49-29)32-30(26)31(36)39-23-40-32/h7-10,21,23,27-29,42-43H,1-4,11-20,22H2,(H,37,44)(H,38,45)(H2,36,39,40)/t27?,28-,29-/m1/s1. The molecule has 1 aliphatic rings. The smallest absolute Gasteiger partial charge is 0.251 e. The van der Waals surface area contributed by atoms with Crippen molar-refractivity contribution in [1.29, 1.82) is 0 Å². The number of nitrogens with two attached hydrogens (primary N) is 1. The maximum Gasteiger partial charge on any atom is 0.251 e. The molecule has 0 bridgehead atoms. The van der Waals surface area contributed by atoms with Crippen LogP contribution in [0.3, 0.4) is 0 Å². The summed E-state index contributed by atoms with van der Waals surface area (Å²) in [4.78, 5) is 33.3. The van der Waals surface area contributed by atoms with E-state index in [1.807, 2.05) is 0 Å². The molecule has 49 heavy (non-hydrogen) atoms. The van der Waals surface area contributed by atoms with E-state index in [0.717, 1.165) is 25.7 Å². The Labute approximate surface area is 290 Å². The van der Waals surface area contributed by atoms with Gasteiger partial charge < -0.3 is 50.1 Å². The van der Waals surface area contributed by atoms with Crippen LogP contribution in [-0.2, 0) is 18.9 Å². The second-order valence-electron chi connectivity index (χ2n) is 11.3. The number of carbonyl (C=O) groups excluding carboxylic acids is 2. The molecular weight excluding hydrogens is 656 g/mol. The van der Waals surface area contributed by atoms with E-state index in [1.165, 1.54) is 6.33 Å². The van der Waals surface area contributed by atoms with E-state index in [1.54, 1.807) is 35.0 Å². The fourth-order valence-electron chi connectivity index (χ4n) is 5.15. The number of unbranched alkanes of at least 4 members (excludes halogenated alkanes) is 3. The number of benzene rings is 1. The number of aliphatic hydroxyl groups is 2. The third-order valence-corrected chi connectivity index (χ3v) is 8.02. The lowest BCUT2D eigenvalue weighted by Gasteiger charge is -2.14. The number of aliphatic hydroxyl groups excluding tert-OH is 2. The predicted octanol–water partition coefficient (Wildman–Crippen LogP) is 2.01. The van der Waals surface area contributed by atoms with Gasteiger partial charge in [-0.1, -0.05) is 24.7 Å². The number of nitrogen functional groups attached to an aromatic ring is 1. The van der Waals surface area contributed by atoms with Crippen LogP contribution in [0.4, 0.5) is 5.82 Å². The Morgan fingerprint density at radius 1 is 0.959 bits per heavy atom. The molecule has 0 radical (unpaired) electrons. The molecule has 4 rings (SSSR count). The topological polar surface area (TPSA) is 192 Å². The number of fused-ring (bicyclic) bond motifs is 1. The molecule has 266 valence electrons. The number of aromatic nitrogens is 3. The summed E-state index contributed by atoms with van der Waals surface area (Å²) in [5.41, 5.74) is 8.05. The molecule has 2 amide bonds. The number of ether oxygens (including phenoxy) is 4. The summed E-state index contributed by atoms with van der Waals surface area (Å²) in [5, 5.41) is 25.7. The molecule has 0 aliphatic carbocycles. The maximum absolute atomic E-state index is 12.5. The summed E-state index contributed by atoms with van der Waals surface area (Å²) >= 11 is 5.66. The SMILES string of the molecule is Nc1ncnc2c1c(C#CCOCCNC(=O)c1ccc(C(=O)NCCOCCOCCCCCCCl)cc1)cn2[C@H]1CC(O)[C@@H](CO)O1. The number of nitrogens with zero attached hydrogens (tertiary/aromatic N) is 3. The zero-order valence-corrected chi connectivity index (χ0v) is 28.2. The number of halogens is 1. The Morgan fingerprint density at radius 2 is 1.61 bits per heavy atom. The second kappa shape index (κ2) is 20.6. The van der Waals surface area contributed by atoms with Crippen LogP contribution in [0, 0.1) is 11.8 Å². The third-order valence-electron chi connectivity index (χ3n) is 7.75. The minimum atomic E-state index is -0.805. The van der Waals surface area contributed by atoms with E-state index < -0.39 is 18.4 Å². The summed E-state index contributed by atoms with van der Waals surface area (Å²) in [6.45, 7) is 2.72. The average molecular weight is 701 g/mol. The van der Waals surface area contributed by atoms with Gasteiger partial charge in [0, 0.05) is 49.3 Å². The van der Waals surface area contributed by atoms with E-state index in [2.05, 4.69) is 32.4 Å². The zero-order chi connectivity index (χ0) is 34.8. The molecule has 3 aromatic rings. The summed E-state index contributed by atoms with van der Waals surface area (Å²) in [6.07, 6.45) is 5.61. The summed E-state index contributed by atoms with van der Waals surface area (Å²) in [7, 11) is 0. The fourth-order valence-corrected chi connectivity index (χ4v) is 5.34. The number of hydrogen-bond acceptors (Lipinski definition) is 11. The highest BCUT2D eigenvalue weighted by molar-refractivity contribution is 6.17. The van der Waals surface area contributed by atoms with Crippen molar-refractivity contribution < 1.29 is 38.7 Å². The molecule has 1 aliphatic heterocycles. The van der Waals surface area contributed by atoms with Crippen LogP contribution in [0.15, 0.2) is 36.8 Å². The molecule has 15 heteroatoms. The van der Waals surface area contributed by atoms with Crippen LogP contribution in [0.5, 0.6) is 0 Å². The number of hydrogen-bond donors (Lipinski definition) is 5. The van der Waals surface area contributed by atoms with Gasteiger partial charge in [-0.15, -0.1) is 11.6 Å². The van der Waals surface area contributed by atoms with Crippen molar-refractivity contribution in [2.24, 2.45) is 0 Å². The molecular formula is C34H45ClN6O8. The van der Waals surface area contributed by atoms with Crippen LogP contribution in [-0.4, -0.2) is 114 Å². The van der Waals surface area contributed by atoms with E-state index in [0.29, 0.717) is 66.6 Å². The Balaban J connectivity index is 1.11. The molecule has 0 spiro atoms. The number of anilines is 1. The molecule has 3 atom stereocenters. The van der Waals surface area contributed by atoms with Gasteiger partial charge in [0.05, 0.1) is 50.1 Å². The Bertz CT molecular complexity index is 1540. The van der Waals surface area contributed by atoms with Crippen LogP contribution in [0.1, 0.15) is 64.6 Å². The normalized spacial score (nSPS) is 17.2. The quantitative estimate of drug-likeness (QED) is 0.0658. The van der Waals surface area contributed by atoms with Gasteiger partial charge in [-0.25, -0.2) is 9.97 Å². The molecule has 0 saturated carbocycles. The lowest BCUT2D eigenvalue weighted by atomic mass is 10.1. The van der Waals surface area contributed by atoms with E-state index in [4.69, 9.17) is 36.3 Å². The average Bonchev–Trinajstić information content (AvgIpc) is 3.68. The fraction of sp³-hybridized carbons (Fsp3) is 0.529. The minimum absolute atomic E-state index is 0.0970. The van der Waals surface area contributed by atoms with E-state index >= 15 is 0 Å². The Morgan fingerprint density at radius 3 is 2.27 bits per heavy atom. The molecule has 1 fully saturated rings. The lowest BCUT2D eigenvalue weighted by molar-refractivity contribution is -0.0430. The first-order valence-corrected chi connectivity index (χ1v) is 17.0. The van der Waals surface area contributed by atoms with Crippen molar-refractivity contribution in [3.63, 3.8) is 0 Å². The van der Waals surface area contributed by atoms with Gasteiger partial charge in [0.1, 0.15) is 36.7 Å². The van der Waals surface area contributed by atoms with E-state index in [-0.39, 0.29) is 50.4 Å². The van der Waals surface area contributed by atoms with Crippen LogP contribution in [0.2, 0.25) is 0 Å².